The molecule has 114 valence electrons. The van der Waals surface area contributed by atoms with Gasteiger partial charge in [0.1, 0.15) is 6.61 Å². The normalized spacial score (nSPS) is 11.4. The molecule has 1 aromatic carbocycles. The van der Waals surface area contributed by atoms with Crippen molar-refractivity contribution in [2.24, 2.45) is 5.92 Å². The zero-order valence-electron chi connectivity index (χ0n) is 13.2. The summed E-state index contributed by atoms with van der Waals surface area (Å²) in [6.07, 6.45) is 3.97. The minimum absolute atomic E-state index is 0.0662. The molecule has 1 amide bonds. The lowest BCUT2D eigenvalue weighted by atomic mass is 9.98. The summed E-state index contributed by atoms with van der Waals surface area (Å²) in [6, 6.07) is 5.69. The van der Waals surface area contributed by atoms with Crippen LogP contribution in [0.1, 0.15) is 50.7 Å². The predicted molar refractivity (Wildman–Crippen MR) is 87.1 cm³/mol. The third-order valence-electron chi connectivity index (χ3n) is 3.58. The molecule has 21 heavy (non-hydrogen) atoms. The maximum absolute atomic E-state index is 12.3. The van der Waals surface area contributed by atoms with Crippen LogP contribution in [0, 0.1) is 24.7 Å². The standard InChI is InChI=1S/C18H25NO2/c1-4-6-9-16(5-2)18(21)19-17-13-15(8-7-12-20)11-10-14(17)3/h10-11,13,16,20H,4-6,9,12H2,1-3H3,(H,19,21). The summed E-state index contributed by atoms with van der Waals surface area (Å²) in [5, 5.41) is 11.8. The van der Waals surface area contributed by atoms with E-state index in [0.29, 0.717) is 0 Å². The van der Waals surface area contributed by atoms with E-state index >= 15 is 0 Å². The zero-order valence-corrected chi connectivity index (χ0v) is 13.2. The van der Waals surface area contributed by atoms with Crippen molar-refractivity contribution in [2.75, 3.05) is 11.9 Å². The summed E-state index contributed by atoms with van der Waals surface area (Å²) in [4.78, 5) is 12.3. The largest absolute Gasteiger partial charge is 0.384 e. The van der Waals surface area contributed by atoms with Crippen LogP contribution in [-0.4, -0.2) is 17.6 Å². The van der Waals surface area contributed by atoms with Crippen molar-refractivity contribution in [3.05, 3.63) is 29.3 Å². The van der Waals surface area contributed by atoms with Gasteiger partial charge in [0.05, 0.1) is 0 Å². The Bertz CT molecular complexity index is 526. The van der Waals surface area contributed by atoms with E-state index in [1.54, 1.807) is 0 Å². The van der Waals surface area contributed by atoms with Crippen LogP contribution in [0.2, 0.25) is 0 Å². The van der Waals surface area contributed by atoms with Crippen LogP contribution in [0.4, 0.5) is 5.69 Å². The molecule has 1 aromatic rings. The second-order valence-corrected chi connectivity index (χ2v) is 5.23. The summed E-state index contributed by atoms with van der Waals surface area (Å²) in [7, 11) is 0. The van der Waals surface area contributed by atoms with Crippen LogP contribution in [0.25, 0.3) is 0 Å². The van der Waals surface area contributed by atoms with Gasteiger partial charge < -0.3 is 10.4 Å². The number of hydrogen-bond donors (Lipinski definition) is 2. The van der Waals surface area contributed by atoms with Gasteiger partial charge in [-0.05, 0) is 37.5 Å². The Labute approximate surface area is 127 Å². The first kappa shape index (κ1) is 17.3. The van der Waals surface area contributed by atoms with Gasteiger partial charge in [-0.25, -0.2) is 0 Å². The van der Waals surface area contributed by atoms with Gasteiger partial charge in [-0.3, -0.25) is 4.79 Å². The molecule has 0 aromatic heterocycles. The van der Waals surface area contributed by atoms with E-state index in [9.17, 15) is 4.79 Å². The molecule has 1 atom stereocenters. The number of aryl methyl sites for hydroxylation is 1. The number of aliphatic hydroxyl groups is 1. The Balaban J connectivity index is 2.82. The summed E-state index contributed by atoms with van der Waals surface area (Å²) >= 11 is 0. The highest BCUT2D eigenvalue weighted by Gasteiger charge is 2.16. The number of unbranched alkanes of at least 4 members (excludes halogenated alkanes) is 1. The average Bonchev–Trinajstić information content (AvgIpc) is 2.48. The highest BCUT2D eigenvalue weighted by molar-refractivity contribution is 5.93. The van der Waals surface area contributed by atoms with Gasteiger partial charge >= 0.3 is 0 Å². The lowest BCUT2D eigenvalue weighted by molar-refractivity contribution is -0.120. The van der Waals surface area contributed by atoms with Crippen LogP contribution in [0.3, 0.4) is 0 Å². The molecule has 0 saturated heterocycles. The Hall–Kier alpha value is -1.79. The number of carbonyl (C=O) groups is 1. The maximum Gasteiger partial charge on any atom is 0.227 e. The van der Waals surface area contributed by atoms with E-state index in [0.717, 1.165) is 42.5 Å². The molecule has 0 aliphatic rings. The van der Waals surface area contributed by atoms with E-state index in [-0.39, 0.29) is 18.4 Å². The topological polar surface area (TPSA) is 49.3 Å². The van der Waals surface area contributed by atoms with Crippen molar-refractivity contribution in [3.8, 4) is 11.8 Å². The number of rotatable bonds is 6. The van der Waals surface area contributed by atoms with E-state index in [1.807, 2.05) is 25.1 Å². The highest BCUT2D eigenvalue weighted by Crippen LogP contribution is 2.20. The molecular weight excluding hydrogens is 262 g/mol. The molecule has 1 rings (SSSR count). The summed E-state index contributed by atoms with van der Waals surface area (Å²) < 4.78 is 0. The fourth-order valence-electron chi connectivity index (χ4n) is 2.18. The molecular formula is C18H25NO2. The Kier molecular flexibility index (Phi) is 7.56. The summed E-state index contributed by atoms with van der Waals surface area (Å²) in [5.41, 5.74) is 2.62. The number of amides is 1. The molecule has 0 bridgehead atoms. The second kappa shape index (κ2) is 9.20. The van der Waals surface area contributed by atoms with Gasteiger partial charge in [0.25, 0.3) is 0 Å². The van der Waals surface area contributed by atoms with E-state index < -0.39 is 0 Å². The van der Waals surface area contributed by atoms with Crippen LogP contribution < -0.4 is 5.32 Å². The molecule has 0 radical (unpaired) electrons. The molecule has 0 fully saturated rings. The van der Waals surface area contributed by atoms with Gasteiger partial charge in [-0.1, -0.05) is 44.6 Å². The van der Waals surface area contributed by atoms with Gasteiger partial charge in [-0.15, -0.1) is 0 Å². The number of anilines is 1. The first-order chi connectivity index (χ1) is 10.1. The van der Waals surface area contributed by atoms with Crippen LogP contribution >= 0.6 is 0 Å². The number of nitrogens with one attached hydrogen (secondary N) is 1. The minimum Gasteiger partial charge on any atom is -0.384 e. The lowest BCUT2D eigenvalue weighted by Gasteiger charge is -2.16. The van der Waals surface area contributed by atoms with Crippen molar-refractivity contribution >= 4 is 11.6 Å². The molecule has 0 aliphatic carbocycles. The van der Waals surface area contributed by atoms with Gasteiger partial charge in [0.15, 0.2) is 0 Å². The van der Waals surface area contributed by atoms with Crippen LogP contribution in [0.5, 0.6) is 0 Å². The fourth-order valence-corrected chi connectivity index (χ4v) is 2.18. The molecule has 0 saturated carbocycles. The summed E-state index contributed by atoms with van der Waals surface area (Å²) in [6.45, 7) is 5.99. The number of hydrogen-bond acceptors (Lipinski definition) is 2. The van der Waals surface area contributed by atoms with Gasteiger partial charge in [-0.2, -0.15) is 0 Å². The molecule has 1 unspecified atom stereocenters. The van der Waals surface area contributed by atoms with Crippen molar-refractivity contribution in [1.82, 2.24) is 0 Å². The van der Waals surface area contributed by atoms with E-state index in [4.69, 9.17) is 5.11 Å². The third-order valence-corrected chi connectivity index (χ3v) is 3.58. The Morgan fingerprint density at radius 1 is 1.38 bits per heavy atom. The second-order valence-electron chi connectivity index (χ2n) is 5.23. The molecule has 0 spiro atoms. The first-order valence-corrected chi connectivity index (χ1v) is 7.63. The fraction of sp³-hybridized carbons (Fsp3) is 0.500. The highest BCUT2D eigenvalue weighted by atomic mass is 16.2. The predicted octanol–water partition coefficient (Wildman–Crippen LogP) is 3.49. The average molecular weight is 287 g/mol. The molecule has 3 nitrogen and oxygen atoms in total. The SMILES string of the molecule is CCCCC(CC)C(=O)Nc1cc(C#CCO)ccc1C. The molecule has 3 heteroatoms. The smallest absolute Gasteiger partial charge is 0.227 e. The molecule has 0 heterocycles. The zero-order chi connectivity index (χ0) is 15.7. The van der Waals surface area contributed by atoms with Gasteiger partial charge in [0, 0.05) is 17.2 Å². The van der Waals surface area contributed by atoms with E-state index in [1.165, 1.54) is 0 Å². The van der Waals surface area contributed by atoms with Crippen molar-refractivity contribution in [1.29, 1.82) is 0 Å². The first-order valence-electron chi connectivity index (χ1n) is 7.63. The van der Waals surface area contributed by atoms with Crippen LogP contribution in [-0.2, 0) is 4.79 Å². The molecule has 0 aliphatic heterocycles. The molecule has 2 N–H and O–H groups in total. The minimum atomic E-state index is -0.162. The van der Waals surface area contributed by atoms with Crippen LogP contribution in [0.15, 0.2) is 18.2 Å². The maximum atomic E-state index is 12.3. The van der Waals surface area contributed by atoms with Crippen molar-refractivity contribution in [2.45, 2.75) is 46.5 Å². The lowest BCUT2D eigenvalue weighted by Crippen LogP contribution is -2.22. The number of benzene rings is 1. The van der Waals surface area contributed by atoms with Gasteiger partial charge in [0.2, 0.25) is 5.91 Å². The Morgan fingerprint density at radius 2 is 2.14 bits per heavy atom. The number of aliphatic hydroxyl groups excluding tert-OH is 1. The van der Waals surface area contributed by atoms with Crippen molar-refractivity contribution < 1.29 is 9.90 Å². The monoisotopic (exact) mass is 287 g/mol. The van der Waals surface area contributed by atoms with Crippen molar-refractivity contribution in [3.63, 3.8) is 0 Å². The third kappa shape index (κ3) is 5.61. The van der Waals surface area contributed by atoms with E-state index in [2.05, 4.69) is 31.0 Å². The quantitative estimate of drug-likeness (QED) is 0.787. The number of carbonyl (C=O) groups excluding carboxylic acids is 1. The summed E-state index contributed by atoms with van der Waals surface area (Å²) in [5.74, 6) is 5.63. The Morgan fingerprint density at radius 3 is 2.76 bits per heavy atom.